The van der Waals surface area contributed by atoms with Crippen LogP contribution in [0, 0.1) is 0 Å². The summed E-state index contributed by atoms with van der Waals surface area (Å²) < 4.78 is 9.74. The van der Waals surface area contributed by atoms with Crippen molar-refractivity contribution in [1.29, 1.82) is 0 Å². The summed E-state index contributed by atoms with van der Waals surface area (Å²) in [5, 5.41) is 0. The number of carbonyl (C=O) groups is 1. The van der Waals surface area contributed by atoms with Crippen LogP contribution in [-0.2, 0) is 14.3 Å². The third kappa shape index (κ3) is 1.55. The highest BCUT2D eigenvalue weighted by Gasteiger charge is 2.46. The molecule has 1 saturated heterocycles. The van der Waals surface area contributed by atoms with E-state index in [0.29, 0.717) is 0 Å². The molecule has 0 unspecified atom stereocenters. The zero-order valence-corrected chi connectivity index (χ0v) is 7.27. The Kier molecular flexibility index (Phi) is 2.02. The minimum Gasteiger partial charge on any atom is -0.467 e. The lowest BCUT2D eigenvalue weighted by molar-refractivity contribution is -0.142. The van der Waals surface area contributed by atoms with Crippen LogP contribution in [0.1, 0.15) is 11.7 Å². The van der Waals surface area contributed by atoms with Crippen LogP contribution in [0.3, 0.4) is 0 Å². The van der Waals surface area contributed by atoms with Gasteiger partial charge in [-0.25, -0.2) is 4.79 Å². The molecule has 68 valence electrons. The summed E-state index contributed by atoms with van der Waals surface area (Å²) >= 11 is 0. The predicted octanol–water partition coefficient (Wildman–Crippen LogP) is 1.30. The van der Waals surface area contributed by atoms with Gasteiger partial charge in [-0.1, -0.05) is 30.3 Å². The maximum Gasteiger partial charge on any atom is 0.338 e. The molecule has 1 aliphatic rings. The molecule has 0 amide bonds. The lowest BCUT2D eigenvalue weighted by Gasteiger charge is -1.93. The van der Waals surface area contributed by atoms with Crippen LogP contribution in [0.2, 0.25) is 0 Å². The largest absolute Gasteiger partial charge is 0.467 e. The van der Waals surface area contributed by atoms with Gasteiger partial charge < -0.3 is 9.47 Å². The number of hydrogen-bond donors (Lipinski definition) is 0. The zero-order valence-electron chi connectivity index (χ0n) is 7.27. The van der Waals surface area contributed by atoms with Crippen molar-refractivity contribution in [3.63, 3.8) is 0 Å². The molecule has 1 aliphatic heterocycles. The maximum atomic E-state index is 11.0. The van der Waals surface area contributed by atoms with E-state index in [1.165, 1.54) is 7.11 Å². The van der Waals surface area contributed by atoms with Crippen LogP contribution < -0.4 is 0 Å². The van der Waals surface area contributed by atoms with Gasteiger partial charge in [0.2, 0.25) is 0 Å². The van der Waals surface area contributed by atoms with E-state index in [2.05, 4.69) is 4.74 Å². The topological polar surface area (TPSA) is 38.8 Å². The Balaban J connectivity index is 2.04. The first-order valence-electron chi connectivity index (χ1n) is 4.11. The number of benzene rings is 1. The van der Waals surface area contributed by atoms with Crippen molar-refractivity contribution in [2.24, 2.45) is 0 Å². The Morgan fingerprint density at radius 1 is 1.38 bits per heavy atom. The van der Waals surface area contributed by atoms with Gasteiger partial charge in [-0.3, -0.25) is 0 Å². The molecular weight excluding hydrogens is 168 g/mol. The average molecular weight is 178 g/mol. The summed E-state index contributed by atoms with van der Waals surface area (Å²) in [5.41, 5.74) is 1.03. The molecule has 1 aromatic rings. The van der Waals surface area contributed by atoms with Gasteiger partial charge in [0.1, 0.15) is 6.10 Å². The first kappa shape index (κ1) is 8.26. The molecule has 3 nitrogen and oxygen atoms in total. The minimum absolute atomic E-state index is 0.103. The highest BCUT2D eigenvalue weighted by atomic mass is 16.6. The third-order valence-corrected chi connectivity index (χ3v) is 2.05. The Morgan fingerprint density at radius 3 is 2.69 bits per heavy atom. The SMILES string of the molecule is COC(=O)[C@@H]1O[C@H]1c1ccccc1. The van der Waals surface area contributed by atoms with Gasteiger partial charge in [0.25, 0.3) is 0 Å². The normalized spacial score (nSPS) is 25.3. The molecule has 2 rings (SSSR count). The minimum atomic E-state index is -0.396. The van der Waals surface area contributed by atoms with Crippen molar-refractivity contribution >= 4 is 5.97 Å². The first-order valence-corrected chi connectivity index (χ1v) is 4.11. The van der Waals surface area contributed by atoms with Gasteiger partial charge in [-0.2, -0.15) is 0 Å². The molecule has 3 heteroatoms. The summed E-state index contributed by atoms with van der Waals surface area (Å²) in [6.07, 6.45) is -0.499. The summed E-state index contributed by atoms with van der Waals surface area (Å²) in [4.78, 5) is 11.0. The van der Waals surface area contributed by atoms with Crippen molar-refractivity contribution in [2.75, 3.05) is 7.11 Å². The van der Waals surface area contributed by atoms with E-state index in [4.69, 9.17) is 4.74 Å². The van der Waals surface area contributed by atoms with Crippen LogP contribution in [0.4, 0.5) is 0 Å². The first-order chi connectivity index (χ1) is 6.33. The molecule has 13 heavy (non-hydrogen) atoms. The molecule has 0 radical (unpaired) electrons. The fourth-order valence-corrected chi connectivity index (χ4v) is 1.30. The summed E-state index contributed by atoms with van der Waals surface area (Å²) in [5.74, 6) is -0.297. The Bertz CT molecular complexity index is 307. The highest BCUT2D eigenvalue weighted by Crippen LogP contribution is 2.38. The smallest absolute Gasteiger partial charge is 0.338 e. The standard InChI is InChI=1S/C10H10O3/c1-12-10(11)9-8(13-9)7-5-3-2-4-6-7/h2-6,8-9H,1H3/t8-,9+/m0/s1. The Labute approximate surface area is 76.3 Å². The molecule has 0 bridgehead atoms. The van der Waals surface area contributed by atoms with Gasteiger partial charge in [-0.15, -0.1) is 0 Å². The van der Waals surface area contributed by atoms with Gasteiger partial charge in [0.15, 0.2) is 6.10 Å². The maximum absolute atomic E-state index is 11.0. The summed E-state index contributed by atoms with van der Waals surface area (Å²) in [6, 6.07) is 9.65. The number of methoxy groups -OCH3 is 1. The van der Waals surface area contributed by atoms with Crippen molar-refractivity contribution in [3.05, 3.63) is 35.9 Å². The predicted molar refractivity (Wildman–Crippen MR) is 46.1 cm³/mol. The van der Waals surface area contributed by atoms with E-state index >= 15 is 0 Å². The van der Waals surface area contributed by atoms with Crippen molar-refractivity contribution in [3.8, 4) is 0 Å². The molecule has 2 atom stereocenters. The van der Waals surface area contributed by atoms with Crippen LogP contribution in [-0.4, -0.2) is 19.2 Å². The fraction of sp³-hybridized carbons (Fsp3) is 0.300. The van der Waals surface area contributed by atoms with Crippen molar-refractivity contribution in [2.45, 2.75) is 12.2 Å². The van der Waals surface area contributed by atoms with E-state index in [1.807, 2.05) is 30.3 Å². The number of carbonyl (C=O) groups excluding carboxylic acids is 1. The van der Waals surface area contributed by atoms with Crippen LogP contribution in [0.5, 0.6) is 0 Å². The third-order valence-electron chi connectivity index (χ3n) is 2.05. The van der Waals surface area contributed by atoms with E-state index in [1.54, 1.807) is 0 Å². The lowest BCUT2D eigenvalue weighted by atomic mass is 10.1. The van der Waals surface area contributed by atoms with Crippen LogP contribution >= 0.6 is 0 Å². The molecule has 0 N–H and O–H groups in total. The number of esters is 1. The molecular formula is C10H10O3. The number of hydrogen-bond acceptors (Lipinski definition) is 3. The van der Waals surface area contributed by atoms with Gasteiger partial charge >= 0.3 is 5.97 Å². The van der Waals surface area contributed by atoms with E-state index in [0.717, 1.165) is 5.56 Å². The zero-order chi connectivity index (χ0) is 9.26. The number of ether oxygens (including phenoxy) is 2. The quantitative estimate of drug-likeness (QED) is 0.506. The summed E-state index contributed by atoms with van der Waals surface area (Å²) in [6.45, 7) is 0. The van der Waals surface area contributed by atoms with Crippen molar-refractivity contribution < 1.29 is 14.3 Å². The van der Waals surface area contributed by atoms with E-state index in [9.17, 15) is 4.79 Å². The number of epoxide rings is 1. The molecule has 0 aromatic heterocycles. The van der Waals surface area contributed by atoms with E-state index < -0.39 is 6.10 Å². The van der Waals surface area contributed by atoms with Gasteiger partial charge in [-0.05, 0) is 5.56 Å². The second-order valence-electron chi connectivity index (χ2n) is 2.91. The second-order valence-corrected chi connectivity index (χ2v) is 2.91. The average Bonchev–Trinajstić information content (AvgIpc) is 2.98. The molecule has 1 aromatic carbocycles. The van der Waals surface area contributed by atoms with Crippen molar-refractivity contribution in [1.82, 2.24) is 0 Å². The molecule has 1 heterocycles. The molecule has 1 fully saturated rings. The summed E-state index contributed by atoms with van der Waals surface area (Å²) in [7, 11) is 1.37. The molecule has 0 saturated carbocycles. The second kappa shape index (κ2) is 3.18. The molecule has 0 aliphatic carbocycles. The Morgan fingerprint density at radius 2 is 2.08 bits per heavy atom. The van der Waals surface area contributed by atoms with Crippen LogP contribution in [0.25, 0.3) is 0 Å². The van der Waals surface area contributed by atoms with Gasteiger partial charge in [0.05, 0.1) is 7.11 Å². The van der Waals surface area contributed by atoms with Gasteiger partial charge in [0, 0.05) is 0 Å². The highest BCUT2D eigenvalue weighted by molar-refractivity contribution is 5.78. The number of rotatable bonds is 2. The van der Waals surface area contributed by atoms with Crippen LogP contribution in [0.15, 0.2) is 30.3 Å². The van der Waals surface area contributed by atoms with E-state index in [-0.39, 0.29) is 12.1 Å². The lowest BCUT2D eigenvalue weighted by Crippen LogP contribution is -2.09. The molecule has 0 spiro atoms. The monoisotopic (exact) mass is 178 g/mol. The fourth-order valence-electron chi connectivity index (χ4n) is 1.30. The Hall–Kier alpha value is -1.35.